The number of rotatable bonds is 3. The Morgan fingerprint density at radius 1 is 1.31 bits per heavy atom. The van der Waals surface area contributed by atoms with Crippen molar-refractivity contribution in [3.05, 3.63) is 40.9 Å². The van der Waals surface area contributed by atoms with Crippen LogP contribution in [0.3, 0.4) is 0 Å². The summed E-state index contributed by atoms with van der Waals surface area (Å²) < 4.78 is 0. The Morgan fingerprint density at radius 2 is 2.12 bits per heavy atom. The normalized spacial score (nSPS) is 15.0. The molecule has 0 saturated heterocycles. The summed E-state index contributed by atoms with van der Waals surface area (Å²) in [7, 11) is 0. The van der Waals surface area contributed by atoms with E-state index >= 15 is 0 Å². The average Bonchev–Trinajstić information content (AvgIpc) is 3.07. The molecular formula is C13H11NOS. The highest BCUT2D eigenvalue weighted by molar-refractivity contribution is 7.13. The van der Waals surface area contributed by atoms with Crippen molar-refractivity contribution in [2.45, 2.75) is 18.8 Å². The van der Waals surface area contributed by atoms with Crippen LogP contribution in [-0.4, -0.2) is 11.3 Å². The Hall–Kier alpha value is -1.48. The summed E-state index contributed by atoms with van der Waals surface area (Å²) in [6.45, 7) is 0. The van der Waals surface area contributed by atoms with Crippen LogP contribution in [0.4, 0.5) is 0 Å². The molecule has 0 bridgehead atoms. The molecule has 0 amide bonds. The highest BCUT2D eigenvalue weighted by atomic mass is 32.1. The lowest BCUT2D eigenvalue weighted by Crippen LogP contribution is -1.87. The Balaban J connectivity index is 2.07. The third-order valence-electron chi connectivity index (χ3n) is 2.85. The maximum atomic E-state index is 10.6. The number of aromatic nitrogens is 1. The third kappa shape index (κ3) is 1.67. The zero-order valence-electron chi connectivity index (χ0n) is 8.72. The first-order valence-corrected chi connectivity index (χ1v) is 6.26. The van der Waals surface area contributed by atoms with Crippen LogP contribution < -0.4 is 0 Å². The van der Waals surface area contributed by atoms with Crippen LogP contribution in [0.1, 0.15) is 34.8 Å². The molecule has 0 unspecified atom stereocenters. The summed E-state index contributed by atoms with van der Waals surface area (Å²) in [4.78, 5) is 14.9. The van der Waals surface area contributed by atoms with Crippen molar-refractivity contribution in [1.82, 2.24) is 4.98 Å². The van der Waals surface area contributed by atoms with E-state index < -0.39 is 0 Å². The lowest BCUT2D eigenvalue weighted by molar-refractivity contribution is 0.111. The number of hydrogen-bond donors (Lipinski definition) is 0. The van der Waals surface area contributed by atoms with Gasteiger partial charge in [0.05, 0.1) is 0 Å². The Morgan fingerprint density at radius 3 is 2.81 bits per heavy atom. The van der Waals surface area contributed by atoms with Crippen LogP contribution in [0.5, 0.6) is 0 Å². The first-order valence-electron chi connectivity index (χ1n) is 5.38. The zero-order valence-corrected chi connectivity index (χ0v) is 9.54. The molecule has 1 aromatic carbocycles. The molecule has 0 aliphatic heterocycles. The first kappa shape index (κ1) is 9.73. The van der Waals surface area contributed by atoms with Gasteiger partial charge in [0.2, 0.25) is 0 Å². The number of benzene rings is 1. The minimum Gasteiger partial charge on any atom is -0.296 e. The van der Waals surface area contributed by atoms with E-state index in [0.29, 0.717) is 11.6 Å². The van der Waals surface area contributed by atoms with E-state index in [4.69, 9.17) is 0 Å². The van der Waals surface area contributed by atoms with Gasteiger partial charge in [0.25, 0.3) is 0 Å². The average molecular weight is 229 g/mol. The number of aldehydes is 1. The SMILES string of the molecule is O=Cc1csc(-c2ccccc2C2CC2)n1. The predicted octanol–water partition coefficient (Wildman–Crippen LogP) is 3.50. The molecule has 80 valence electrons. The molecule has 1 aliphatic rings. The molecule has 1 heterocycles. The van der Waals surface area contributed by atoms with Gasteiger partial charge in [0.15, 0.2) is 6.29 Å². The molecule has 0 radical (unpaired) electrons. The molecule has 1 saturated carbocycles. The van der Waals surface area contributed by atoms with E-state index in [0.717, 1.165) is 11.3 Å². The van der Waals surface area contributed by atoms with Gasteiger partial charge in [0.1, 0.15) is 10.7 Å². The van der Waals surface area contributed by atoms with E-state index in [1.165, 1.54) is 24.0 Å². The fourth-order valence-corrected chi connectivity index (χ4v) is 2.72. The smallest absolute Gasteiger partial charge is 0.169 e. The number of thiazole rings is 1. The Kier molecular flexibility index (Phi) is 2.33. The summed E-state index contributed by atoms with van der Waals surface area (Å²) in [6, 6.07) is 8.38. The lowest BCUT2D eigenvalue weighted by Gasteiger charge is -2.04. The van der Waals surface area contributed by atoms with Crippen molar-refractivity contribution in [3.8, 4) is 10.6 Å². The van der Waals surface area contributed by atoms with E-state index in [1.807, 2.05) is 11.4 Å². The maximum absolute atomic E-state index is 10.6. The molecule has 0 atom stereocenters. The minimum absolute atomic E-state index is 0.533. The van der Waals surface area contributed by atoms with Crippen molar-refractivity contribution in [2.24, 2.45) is 0 Å². The molecule has 2 nitrogen and oxygen atoms in total. The monoisotopic (exact) mass is 229 g/mol. The quantitative estimate of drug-likeness (QED) is 0.754. The maximum Gasteiger partial charge on any atom is 0.169 e. The van der Waals surface area contributed by atoms with Crippen LogP contribution >= 0.6 is 11.3 Å². The molecule has 3 heteroatoms. The summed E-state index contributed by atoms with van der Waals surface area (Å²) >= 11 is 1.54. The van der Waals surface area contributed by atoms with Crippen molar-refractivity contribution < 1.29 is 4.79 Å². The van der Waals surface area contributed by atoms with E-state index in [9.17, 15) is 4.79 Å². The van der Waals surface area contributed by atoms with E-state index in [1.54, 1.807) is 11.3 Å². The van der Waals surface area contributed by atoms with Crippen LogP contribution in [0, 0.1) is 0 Å². The van der Waals surface area contributed by atoms with Crippen molar-refractivity contribution in [2.75, 3.05) is 0 Å². The third-order valence-corrected chi connectivity index (χ3v) is 3.74. The molecule has 1 aliphatic carbocycles. The van der Waals surface area contributed by atoms with Crippen molar-refractivity contribution in [3.63, 3.8) is 0 Å². The fraction of sp³-hybridized carbons (Fsp3) is 0.231. The lowest BCUT2D eigenvalue weighted by atomic mass is 10.0. The van der Waals surface area contributed by atoms with Crippen molar-refractivity contribution >= 4 is 17.6 Å². The van der Waals surface area contributed by atoms with Gasteiger partial charge in [0, 0.05) is 10.9 Å². The summed E-state index contributed by atoms with van der Waals surface area (Å²) in [5.41, 5.74) is 3.11. The highest BCUT2D eigenvalue weighted by Crippen LogP contribution is 2.44. The largest absolute Gasteiger partial charge is 0.296 e. The fourth-order valence-electron chi connectivity index (χ4n) is 1.91. The van der Waals surface area contributed by atoms with Crippen LogP contribution in [0.15, 0.2) is 29.6 Å². The Labute approximate surface area is 98.0 Å². The van der Waals surface area contributed by atoms with Crippen LogP contribution in [0.2, 0.25) is 0 Å². The van der Waals surface area contributed by atoms with Gasteiger partial charge in [-0.3, -0.25) is 4.79 Å². The molecule has 0 spiro atoms. The van der Waals surface area contributed by atoms with Crippen LogP contribution in [0.25, 0.3) is 10.6 Å². The van der Waals surface area contributed by atoms with Crippen LogP contribution in [-0.2, 0) is 0 Å². The van der Waals surface area contributed by atoms with Gasteiger partial charge in [-0.1, -0.05) is 24.3 Å². The molecule has 3 rings (SSSR count). The predicted molar refractivity (Wildman–Crippen MR) is 64.9 cm³/mol. The van der Waals surface area contributed by atoms with Gasteiger partial charge in [-0.2, -0.15) is 0 Å². The summed E-state index contributed by atoms with van der Waals surface area (Å²) in [5.74, 6) is 0.708. The van der Waals surface area contributed by atoms with E-state index in [2.05, 4.69) is 23.2 Å². The standard InChI is InChI=1S/C13H11NOS/c15-7-10-8-16-13(14-10)12-4-2-1-3-11(12)9-5-6-9/h1-4,7-9H,5-6H2. The van der Waals surface area contributed by atoms with Gasteiger partial charge in [-0.05, 0) is 24.3 Å². The molecular weight excluding hydrogens is 218 g/mol. The van der Waals surface area contributed by atoms with E-state index in [-0.39, 0.29) is 0 Å². The second-order valence-electron chi connectivity index (χ2n) is 4.06. The minimum atomic E-state index is 0.533. The topological polar surface area (TPSA) is 30.0 Å². The number of carbonyl (C=O) groups is 1. The number of hydrogen-bond acceptors (Lipinski definition) is 3. The molecule has 0 N–H and O–H groups in total. The number of carbonyl (C=O) groups excluding carboxylic acids is 1. The second-order valence-corrected chi connectivity index (χ2v) is 4.92. The Bertz CT molecular complexity index is 528. The zero-order chi connectivity index (χ0) is 11.0. The molecule has 2 aromatic rings. The summed E-state index contributed by atoms with van der Waals surface area (Å²) in [6.07, 6.45) is 3.37. The van der Waals surface area contributed by atoms with Crippen molar-refractivity contribution in [1.29, 1.82) is 0 Å². The second kappa shape index (κ2) is 3.83. The van der Waals surface area contributed by atoms with Gasteiger partial charge in [-0.25, -0.2) is 4.98 Å². The van der Waals surface area contributed by atoms with Gasteiger partial charge in [-0.15, -0.1) is 11.3 Å². The molecule has 16 heavy (non-hydrogen) atoms. The van der Waals surface area contributed by atoms with Gasteiger partial charge < -0.3 is 0 Å². The molecule has 1 fully saturated rings. The molecule has 1 aromatic heterocycles. The first-order chi connectivity index (χ1) is 7.88. The summed E-state index contributed by atoms with van der Waals surface area (Å²) in [5, 5.41) is 2.77. The van der Waals surface area contributed by atoms with Gasteiger partial charge >= 0.3 is 0 Å². The number of nitrogens with zero attached hydrogens (tertiary/aromatic N) is 1. The highest BCUT2D eigenvalue weighted by Gasteiger charge is 2.26.